The highest BCUT2D eigenvalue weighted by molar-refractivity contribution is 5.65. The van der Waals surface area contributed by atoms with E-state index in [0.29, 0.717) is 32.2 Å². The van der Waals surface area contributed by atoms with Crippen molar-refractivity contribution in [3.63, 3.8) is 0 Å². The van der Waals surface area contributed by atoms with Gasteiger partial charge in [-0.05, 0) is 31.4 Å². The van der Waals surface area contributed by atoms with E-state index in [0.717, 1.165) is 47.8 Å². The van der Waals surface area contributed by atoms with Crippen LogP contribution in [0.1, 0.15) is 44.7 Å². The van der Waals surface area contributed by atoms with Crippen molar-refractivity contribution in [2.75, 3.05) is 26.3 Å². The molecule has 35 heavy (non-hydrogen) atoms. The highest BCUT2D eigenvalue weighted by Crippen LogP contribution is 2.34. The van der Waals surface area contributed by atoms with Gasteiger partial charge in [0, 0.05) is 38.9 Å². The second kappa shape index (κ2) is 13.4. The number of rotatable bonds is 14. The fourth-order valence-electron chi connectivity index (χ4n) is 4.13. The van der Waals surface area contributed by atoms with Gasteiger partial charge in [0.15, 0.2) is 0 Å². The lowest BCUT2D eigenvalue weighted by atomic mass is 10.1. The number of unbranched alkanes of at least 4 members (excludes halogenated alkanes) is 1. The Balaban J connectivity index is 1.89. The standard InChI is InChI=1S/C29H41N3O3/c1-6-7-17-34-21-25(33)19-32(18-22(2)3)20-27-28(24-11-9-8-10-12-24)30-31(5)29(27)35-26-15-13-23(4)14-16-26/h8-16,22,25,33H,6-7,17-21H2,1-5H3. The third-order valence-electron chi connectivity index (χ3n) is 5.80. The maximum Gasteiger partial charge on any atom is 0.222 e. The zero-order valence-corrected chi connectivity index (χ0v) is 21.9. The van der Waals surface area contributed by atoms with Gasteiger partial charge in [0.25, 0.3) is 0 Å². The molecule has 3 aromatic rings. The molecule has 1 unspecified atom stereocenters. The Morgan fingerprint density at radius 3 is 2.40 bits per heavy atom. The molecule has 0 radical (unpaired) electrons. The lowest BCUT2D eigenvalue weighted by molar-refractivity contribution is 0.0124. The molecule has 1 atom stereocenters. The number of aromatic nitrogens is 2. The van der Waals surface area contributed by atoms with E-state index in [9.17, 15) is 5.11 Å². The monoisotopic (exact) mass is 479 g/mol. The number of ether oxygens (including phenoxy) is 2. The van der Waals surface area contributed by atoms with E-state index in [4.69, 9.17) is 14.6 Å². The van der Waals surface area contributed by atoms with E-state index in [-0.39, 0.29) is 0 Å². The molecule has 0 fully saturated rings. The first-order valence-corrected chi connectivity index (χ1v) is 12.7. The van der Waals surface area contributed by atoms with Gasteiger partial charge in [-0.3, -0.25) is 4.90 Å². The summed E-state index contributed by atoms with van der Waals surface area (Å²) in [5.74, 6) is 1.94. The zero-order valence-electron chi connectivity index (χ0n) is 21.9. The Morgan fingerprint density at radius 1 is 1.03 bits per heavy atom. The molecular formula is C29H41N3O3. The van der Waals surface area contributed by atoms with Gasteiger partial charge in [0.2, 0.25) is 5.88 Å². The van der Waals surface area contributed by atoms with Gasteiger partial charge in [-0.25, -0.2) is 4.68 Å². The van der Waals surface area contributed by atoms with Gasteiger partial charge in [0.1, 0.15) is 11.4 Å². The molecule has 0 bridgehead atoms. The van der Waals surface area contributed by atoms with E-state index in [1.165, 1.54) is 5.56 Å². The molecule has 0 aliphatic heterocycles. The zero-order chi connectivity index (χ0) is 25.2. The average Bonchev–Trinajstić information content (AvgIpc) is 3.13. The number of aliphatic hydroxyl groups excluding tert-OH is 1. The van der Waals surface area contributed by atoms with Crippen molar-refractivity contribution in [2.24, 2.45) is 13.0 Å². The summed E-state index contributed by atoms with van der Waals surface area (Å²) in [6, 6.07) is 18.3. The van der Waals surface area contributed by atoms with Gasteiger partial charge in [-0.15, -0.1) is 0 Å². The van der Waals surface area contributed by atoms with Crippen molar-refractivity contribution >= 4 is 0 Å². The molecule has 0 aliphatic carbocycles. The van der Waals surface area contributed by atoms with Crippen LogP contribution < -0.4 is 4.74 Å². The first-order chi connectivity index (χ1) is 16.9. The van der Waals surface area contributed by atoms with Crippen LogP contribution in [-0.2, 0) is 18.3 Å². The summed E-state index contributed by atoms with van der Waals surface area (Å²) in [5.41, 5.74) is 4.15. The predicted molar refractivity (Wildman–Crippen MR) is 142 cm³/mol. The van der Waals surface area contributed by atoms with E-state index in [2.05, 4.69) is 44.7 Å². The van der Waals surface area contributed by atoms with Gasteiger partial charge in [0.05, 0.1) is 18.3 Å². The topological polar surface area (TPSA) is 59.8 Å². The number of nitrogens with zero attached hydrogens (tertiary/aromatic N) is 3. The number of aryl methyl sites for hydroxylation is 2. The van der Waals surface area contributed by atoms with E-state index >= 15 is 0 Å². The van der Waals surface area contributed by atoms with Gasteiger partial charge < -0.3 is 14.6 Å². The maximum atomic E-state index is 10.7. The van der Waals surface area contributed by atoms with Gasteiger partial charge in [-0.2, -0.15) is 5.10 Å². The summed E-state index contributed by atoms with van der Waals surface area (Å²) in [4.78, 5) is 2.28. The van der Waals surface area contributed by atoms with Crippen LogP contribution in [0.3, 0.4) is 0 Å². The molecule has 1 N–H and O–H groups in total. The summed E-state index contributed by atoms with van der Waals surface area (Å²) >= 11 is 0. The van der Waals surface area contributed by atoms with Crippen molar-refractivity contribution < 1.29 is 14.6 Å². The van der Waals surface area contributed by atoms with Crippen molar-refractivity contribution in [1.82, 2.24) is 14.7 Å². The normalized spacial score (nSPS) is 12.5. The summed E-state index contributed by atoms with van der Waals surface area (Å²) in [5, 5.41) is 15.6. The van der Waals surface area contributed by atoms with Crippen molar-refractivity contribution in [1.29, 1.82) is 0 Å². The van der Waals surface area contributed by atoms with E-state index < -0.39 is 6.10 Å². The summed E-state index contributed by atoms with van der Waals surface area (Å²) < 4.78 is 13.9. The summed E-state index contributed by atoms with van der Waals surface area (Å²) in [6.45, 7) is 11.6. The minimum atomic E-state index is -0.552. The van der Waals surface area contributed by atoms with Crippen LogP contribution in [0.5, 0.6) is 11.6 Å². The molecule has 2 aromatic carbocycles. The van der Waals surface area contributed by atoms with Gasteiger partial charge in [-0.1, -0.05) is 75.2 Å². The largest absolute Gasteiger partial charge is 0.439 e. The molecule has 0 aliphatic rings. The Kier molecular flexibility index (Phi) is 10.3. The highest BCUT2D eigenvalue weighted by Gasteiger charge is 2.24. The first kappa shape index (κ1) is 26.9. The fraction of sp³-hybridized carbons (Fsp3) is 0.483. The Hall–Kier alpha value is -2.67. The van der Waals surface area contributed by atoms with Crippen LogP contribution in [0, 0.1) is 12.8 Å². The number of benzene rings is 2. The van der Waals surface area contributed by atoms with Crippen LogP contribution in [-0.4, -0.2) is 52.2 Å². The minimum Gasteiger partial charge on any atom is -0.439 e. The molecule has 6 nitrogen and oxygen atoms in total. The second-order valence-electron chi connectivity index (χ2n) is 9.71. The SMILES string of the molecule is CCCCOCC(O)CN(Cc1c(-c2ccccc2)nn(C)c1Oc1ccc(C)cc1)CC(C)C. The lowest BCUT2D eigenvalue weighted by Crippen LogP contribution is -2.37. The molecule has 0 saturated carbocycles. The van der Waals surface area contributed by atoms with Crippen molar-refractivity contribution in [2.45, 2.75) is 53.2 Å². The van der Waals surface area contributed by atoms with Crippen molar-refractivity contribution in [3.05, 3.63) is 65.7 Å². The third-order valence-corrected chi connectivity index (χ3v) is 5.80. The second-order valence-corrected chi connectivity index (χ2v) is 9.71. The quantitative estimate of drug-likeness (QED) is 0.295. The van der Waals surface area contributed by atoms with Crippen LogP contribution in [0.15, 0.2) is 54.6 Å². The summed E-state index contributed by atoms with van der Waals surface area (Å²) in [7, 11) is 1.92. The molecule has 0 spiro atoms. The van der Waals surface area contributed by atoms with Crippen LogP contribution in [0.2, 0.25) is 0 Å². The fourth-order valence-corrected chi connectivity index (χ4v) is 4.13. The molecule has 1 heterocycles. The van der Waals surface area contributed by atoms with Crippen LogP contribution in [0.4, 0.5) is 0 Å². The number of hydrogen-bond acceptors (Lipinski definition) is 5. The first-order valence-electron chi connectivity index (χ1n) is 12.7. The molecule has 3 rings (SSSR count). The Morgan fingerprint density at radius 2 is 1.74 bits per heavy atom. The molecular weight excluding hydrogens is 438 g/mol. The Labute approximate surface area is 210 Å². The summed E-state index contributed by atoms with van der Waals surface area (Å²) in [6.07, 6.45) is 1.55. The number of hydrogen-bond donors (Lipinski definition) is 1. The van der Waals surface area contributed by atoms with Crippen LogP contribution >= 0.6 is 0 Å². The highest BCUT2D eigenvalue weighted by atomic mass is 16.5. The predicted octanol–water partition coefficient (Wildman–Crippen LogP) is 5.82. The van der Waals surface area contributed by atoms with Gasteiger partial charge >= 0.3 is 0 Å². The molecule has 0 saturated heterocycles. The number of aliphatic hydroxyl groups is 1. The minimum absolute atomic E-state index is 0.347. The third kappa shape index (κ3) is 8.20. The van der Waals surface area contributed by atoms with E-state index in [1.807, 2.05) is 54.2 Å². The van der Waals surface area contributed by atoms with Crippen LogP contribution in [0.25, 0.3) is 11.3 Å². The molecule has 0 amide bonds. The maximum absolute atomic E-state index is 10.7. The van der Waals surface area contributed by atoms with E-state index in [1.54, 1.807) is 0 Å². The lowest BCUT2D eigenvalue weighted by Gasteiger charge is -2.27. The molecule has 1 aromatic heterocycles. The smallest absolute Gasteiger partial charge is 0.222 e. The van der Waals surface area contributed by atoms with Crippen molar-refractivity contribution in [3.8, 4) is 22.9 Å². The molecule has 6 heteroatoms. The molecule has 190 valence electrons. The Bertz CT molecular complexity index is 1020. The average molecular weight is 480 g/mol.